The molecule has 3 aromatic rings. The predicted octanol–water partition coefficient (Wildman–Crippen LogP) is 4.71. The Morgan fingerprint density at radius 1 is 1.00 bits per heavy atom. The van der Waals surface area contributed by atoms with Gasteiger partial charge in [0.15, 0.2) is 5.82 Å². The number of hydrogen-bond donors (Lipinski definition) is 2. The number of nitrogens with one attached hydrogen (secondary N) is 2. The fourth-order valence-corrected chi connectivity index (χ4v) is 2.52. The van der Waals surface area contributed by atoms with Gasteiger partial charge in [-0.2, -0.15) is 10.1 Å². The quantitative estimate of drug-likeness (QED) is 0.644. The van der Waals surface area contributed by atoms with Crippen LogP contribution in [-0.4, -0.2) is 21.3 Å². The molecule has 0 atom stereocenters. The first-order valence-corrected chi connectivity index (χ1v) is 8.72. The molecular formula is C20H23N5O. The van der Waals surface area contributed by atoms with Crippen LogP contribution in [0.3, 0.4) is 0 Å². The molecule has 0 aliphatic heterocycles. The van der Waals surface area contributed by atoms with E-state index in [-0.39, 0.29) is 6.10 Å². The highest BCUT2D eigenvalue weighted by Gasteiger charge is 2.05. The first-order chi connectivity index (χ1) is 12.6. The summed E-state index contributed by atoms with van der Waals surface area (Å²) < 4.78 is 5.65. The van der Waals surface area contributed by atoms with E-state index in [4.69, 9.17) is 4.74 Å². The second kappa shape index (κ2) is 8.29. The van der Waals surface area contributed by atoms with E-state index in [0.29, 0.717) is 11.8 Å². The third kappa shape index (κ3) is 4.69. The molecule has 0 fully saturated rings. The molecule has 0 unspecified atom stereocenters. The molecule has 6 nitrogen and oxygen atoms in total. The van der Waals surface area contributed by atoms with Crippen molar-refractivity contribution in [2.24, 2.45) is 0 Å². The summed E-state index contributed by atoms with van der Waals surface area (Å²) >= 11 is 0. The lowest BCUT2D eigenvalue weighted by molar-refractivity contribution is 0.242. The van der Waals surface area contributed by atoms with Gasteiger partial charge in [-0.05, 0) is 56.2 Å². The lowest BCUT2D eigenvalue weighted by Crippen LogP contribution is -2.05. The summed E-state index contributed by atoms with van der Waals surface area (Å²) in [6.07, 6.45) is 2.70. The van der Waals surface area contributed by atoms with Crippen molar-refractivity contribution in [1.29, 1.82) is 0 Å². The molecule has 0 aliphatic carbocycles. The van der Waals surface area contributed by atoms with E-state index in [0.717, 1.165) is 23.5 Å². The molecule has 0 bridgehead atoms. The number of benzene rings is 2. The van der Waals surface area contributed by atoms with Gasteiger partial charge >= 0.3 is 0 Å². The van der Waals surface area contributed by atoms with Gasteiger partial charge in [0.25, 0.3) is 0 Å². The summed E-state index contributed by atoms with van der Waals surface area (Å²) in [6, 6.07) is 15.8. The number of ether oxygens (including phenoxy) is 1. The summed E-state index contributed by atoms with van der Waals surface area (Å²) in [5.41, 5.74) is 3.12. The van der Waals surface area contributed by atoms with E-state index in [2.05, 4.69) is 38.8 Å². The number of aryl methyl sites for hydroxylation is 1. The first-order valence-electron chi connectivity index (χ1n) is 8.72. The zero-order valence-electron chi connectivity index (χ0n) is 15.2. The molecule has 0 amide bonds. The average Bonchev–Trinajstić information content (AvgIpc) is 2.64. The standard InChI is InChI=1S/C20H23N5O/c1-4-15-7-5-6-8-18(15)23-19-13-21-25-20(24-19)22-16-9-11-17(12-10-16)26-14(2)3/h5-14H,4H2,1-3H3,(H2,22,23,24,25). The number of rotatable bonds is 7. The Morgan fingerprint density at radius 2 is 1.77 bits per heavy atom. The molecule has 0 radical (unpaired) electrons. The maximum Gasteiger partial charge on any atom is 0.249 e. The smallest absolute Gasteiger partial charge is 0.249 e. The minimum absolute atomic E-state index is 0.148. The van der Waals surface area contributed by atoms with E-state index in [9.17, 15) is 0 Å². The molecule has 134 valence electrons. The normalized spacial score (nSPS) is 10.6. The molecule has 2 N–H and O–H groups in total. The van der Waals surface area contributed by atoms with Gasteiger partial charge in [0.05, 0.1) is 12.3 Å². The minimum Gasteiger partial charge on any atom is -0.491 e. The highest BCUT2D eigenvalue weighted by molar-refractivity contribution is 5.61. The number of aromatic nitrogens is 3. The van der Waals surface area contributed by atoms with Crippen LogP contribution in [0.4, 0.5) is 23.1 Å². The zero-order valence-corrected chi connectivity index (χ0v) is 15.2. The lowest BCUT2D eigenvalue weighted by atomic mass is 10.1. The summed E-state index contributed by atoms with van der Waals surface area (Å²) in [6.45, 7) is 6.13. The molecule has 1 heterocycles. The van der Waals surface area contributed by atoms with Crippen molar-refractivity contribution in [2.75, 3.05) is 10.6 Å². The largest absolute Gasteiger partial charge is 0.491 e. The van der Waals surface area contributed by atoms with Crippen molar-refractivity contribution in [2.45, 2.75) is 33.3 Å². The zero-order chi connectivity index (χ0) is 18.4. The van der Waals surface area contributed by atoms with E-state index in [1.54, 1.807) is 6.20 Å². The van der Waals surface area contributed by atoms with Gasteiger partial charge in [0.2, 0.25) is 5.95 Å². The molecule has 2 aromatic carbocycles. The number of anilines is 4. The maximum atomic E-state index is 5.65. The fourth-order valence-electron chi connectivity index (χ4n) is 2.52. The monoisotopic (exact) mass is 349 g/mol. The van der Waals surface area contributed by atoms with Crippen LogP contribution in [0, 0.1) is 0 Å². The number of hydrogen-bond acceptors (Lipinski definition) is 6. The third-order valence-corrected chi connectivity index (χ3v) is 3.70. The van der Waals surface area contributed by atoms with Gasteiger partial charge in [-0.25, -0.2) is 0 Å². The Labute approximate surface area is 153 Å². The fraction of sp³-hybridized carbons (Fsp3) is 0.250. The Kier molecular flexibility index (Phi) is 5.63. The highest BCUT2D eigenvalue weighted by Crippen LogP contribution is 2.22. The molecule has 0 saturated carbocycles. The topological polar surface area (TPSA) is 72.0 Å². The van der Waals surface area contributed by atoms with Crippen LogP contribution in [-0.2, 0) is 6.42 Å². The molecule has 0 aliphatic rings. The summed E-state index contributed by atoms with van der Waals surface area (Å²) in [5.74, 6) is 1.90. The van der Waals surface area contributed by atoms with Crippen LogP contribution in [0.2, 0.25) is 0 Å². The molecule has 6 heteroatoms. The predicted molar refractivity (Wildman–Crippen MR) is 104 cm³/mol. The summed E-state index contributed by atoms with van der Waals surface area (Å²) in [4.78, 5) is 4.48. The molecule has 26 heavy (non-hydrogen) atoms. The van der Waals surface area contributed by atoms with Gasteiger partial charge in [-0.3, -0.25) is 0 Å². The second-order valence-electron chi connectivity index (χ2n) is 6.12. The maximum absolute atomic E-state index is 5.65. The molecular weight excluding hydrogens is 326 g/mol. The van der Waals surface area contributed by atoms with Gasteiger partial charge in [-0.1, -0.05) is 25.1 Å². The number of nitrogens with zero attached hydrogens (tertiary/aromatic N) is 3. The van der Waals surface area contributed by atoms with Crippen LogP contribution in [0.1, 0.15) is 26.3 Å². The van der Waals surface area contributed by atoms with Gasteiger partial charge in [0.1, 0.15) is 5.75 Å². The van der Waals surface area contributed by atoms with Crippen LogP contribution < -0.4 is 15.4 Å². The number of para-hydroxylation sites is 1. The average molecular weight is 349 g/mol. The first kappa shape index (κ1) is 17.7. The SMILES string of the molecule is CCc1ccccc1Nc1cnnc(Nc2ccc(OC(C)C)cc2)n1. The Bertz CT molecular complexity index is 849. The Balaban J connectivity index is 1.71. The molecule has 1 aromatic heterocycles. The minimum atomic E-state index is 0.148. The third-order valence-electron chi connectivity index (χ3n) is 3.70. The highest BCUT2D eigenvalue weighted by atomic mass is 16.5. The Hall–Kier alpha value is -3.15. The van der Waals surface area contributed by atoms with Gasteiger partial charge < -0.3 is 15.4 Å². The van der Waals surface area contributed by atoms with E-state index in [1.807, 2.05) is 56.3 Å². The molecule has 0 spiro atoms. The van der Waals surface area contributed by atoms with Crippen molar-refractivity contribution in [1.82, 2.24) is 15.2 Å². The van der Waals surface area contributed by atoms with Crippen molar-refractivity contribution in [3.63, 3.8) is 0 Å². The summed E-state index contributed by atoms with van der Waals surface area (Å²) in [5, 5.41) is 14.5. The van der Waals surface area contributed by atoms with Gasteiger partial charge in [-0.15, -0.1) is 5.10 Å². The van der Waals surface area contributed by atoms with Crippen molar-refractivity contribution in [3.05, 3.63) is 60.3 Å². The van der Waals surface area contributed by atoms with E-state index < -0.39 is 0 Å². The van der Waals surface area contributed by atoms with Crippen molar-refractivity contribution < 1.29 is 4.74 Å². The van der Waals surface area contributed by atoms with Crippen LogP contribution in [0.5, 0.6) is 5.75 Å². The summed E-state index contributed by atoms with van der Waals surface area (Å²) in [7, 11) is 0. The van der Waals surface area contributed by atoms with E-state index >= 15 is 0 Å². The van der Waals surface area contributed by atoms with Crippen molar-refractivity contribution >= 4 is 23.1 Å². The molecule has 3 rings (SSSR count). The molecule has 0 saturated heterocycles. The lowest BCUT2D eigenvalue weighted by Gasteiger charge is -2.12. The second-order valence-corrected chi connectivity index (χ2v) is 6.12. The van der Waals surface area contributed by atoms with Crippen LogP contribution in [0.15, 0.2) is 54.7 Å². The van der Waals surface area contributed by atoms with E-state index in [1.165, 1.54) is 5.56 Å². The Morgan fingerprint density at radius 3 is 2.50 bits per heavy atom. The van der Waals surface area contributed by atoms with Crippen LogP contribution >= 0.6 is 0 Å². The van der Waals surface area contributed by atoms with Crippen molar-refractivity contribution in [3.8, 4) is 5.75 Å². The van der Waals surface area contributed by atoms with Gasteiger partial charge in [0, 0.05) is 11.4 Å². The van der Waals surface area contributed by atoms with Crippen LogP contribution in [0.25, 0.3) is 0 Å².